The second-order valence-electron chi connectivity index (χ2n) is 6.52. The summed E-state index contributed by atoms with van der Waals surface area (Å²) in [6, 6.07) is 0. The monoisotopic (exact) mass is 241 g/mol. The number of hydrogen-bond acceptors (Lipinski definition) is 1. The molecular formula is C16H35N. The lowest BCUT2D eigenvalue weighted by Gasteiger charge is -2.34. The average molecular weight is 241 g/mol. The molecule has 0 heterocycles. The van der Waals surface area contributed by atoms with E-state index in [2.05, 4.69) is 46.9 Å². The van der Waals surface area contributed by atoms with Crippen LogP contribution in [0.5, 0.6) is 0 Å². The van der Waals surface area contributed by atoms with Crippen molar-refractivity contribution in [1.29, 1.82) is 0 Å². The molecule has 0 fully saturated rings. The third-order valence-electron chi connectivity index (χ3n) is 4.03. The van der Waals surface area contributed by atoms with Crippen molar-refractivity contribution >= 4 is 0 Å². The summed E-state index contributed by atoms with van der Waals surface area (Å²) in [4.78, 5) is 0. The predicted molar refractivity (Wildman–Crippen MR) is 79.4 cm³/mol. The van der Waals surface area contributed by atoms with E-state index in [-0.39, 0.29) is 0 Å². The Morgan fingerprint density at radius 1 is 1.06 bits per heavy atom. The van der Waals surface area contributed by atoms with Gasteiger partial charge in [-0.25, -0.2) is 0 Å². The lowest BCUT2D eigenvalue weighted by atomic mass is 9.74. The lowest BCUT2D eigenvalue weighted by molar-refractivity contribution is 0.183. The van der Waals surface area contributed by atoms with E-state index in [9.17, 15) is 0 Å². The van der Waals surface area contributed by atoms with Crippen LogP contribution in [0.15, 0.2) is 0 Å². The highest BCUT2D eigenvalue weighted by Crippen LogP contribution is 2.33. The molecule has 17 heavy (non-hydrogen) atoms. The van der Waals surface area contributed by atoms with Crippen LogP contribution in [-0.2, 0) is 0 Å². The van der Waals surface area contributed by atoms with Crippen LogP contribution in [-0.4, -0.2) is 13.1 Å². The fraction of sp³-hybridized carbons (Fsp3) is 1.00. The Kier molecular flexibility index (Phi) is 8.94. The van der Waals surface area contributed by atoms with E-state index in [0.717, 1.165) is 18.4 Å². The Labute approximate surface area is 110 Å². The average Bonchev–Trinajstić information content (AvgIpc) is 2.26. The molecule has 0 saturated carbocycles. The normalized spacial score (nSPS) is 15.9. The molecule has 0 aromatic carbocycles. The second-order valence-corrected chi connectivity index (χ2v) is 6.52. The molecule has 2 atom stereocenters. The quantitative estimate of drug-likeness (QED) is 0.607. The van der Waals surface area contributed by atoms with Gasteiger partial charge in [-0.1, -0.05) is 67.2 Å². The zero-order valence-corrected chi connectivity index (χ0v) is 13.1. The summed E-state index contributed by atoms with van der Waals surface area (Å²) in [7, 11) is 0. The molecule has 0 aliphatic carbocycles. The highest BCUT2D eigenvalue weighted by atomic mass is 14.8. The summed E-state index contributed by atoms with van der Waals surface area (Å²) >= 11 is 0. The summed E-state index contributed by atoms with van der Waals surface area (Å²) in [5.74, 6) is 1.74. The van der Waals surface area contributed by atoms with E-state index >= 15 is 0 Å². The SMILES string of the molecule is CCCCC(CC)CC(CNCC)C(C)(C)C. The van der Waals surface area contributed by atoms with Crippen LogP contribution < -0.4 is 5.32 Å². The van der Waals surface area contributed by atoms with Crippen LogP contribution in [0.3, 0.4) is 0 Å². The summed E-state index contributed by atoms with van der Waals surface area (Å²) in [6.07, 6.45) is 6.90. The van der Waals surface area contributed by atoms with E-state index in [4.69, 9.17) is 0 Å². The fourth-order valence-electron chi connectivity index (χ4n) is 2.45. The third kappa shape index (κ3) is 7.81. The minimum absolute atomic E-state index is 0.432. The molecule has 1 heteroatoms. The van der Waals surface area contributed by atoms with Crippen molar-refractivity contribution in [2.24, 2.45) is 17.3 Å². The summed E-state index contributed by atoms with van der Waals surface area (Å²) in [6.45, 7) is 16.3. The molecular weight excluding hydrogens is 206 g/mol. The van der Waals surface area contributed by atoms with Gasteiger partial charge < -0.3 is 5.32 Å². The molecule has 0 aromatic heterocycles. The van der Waals surface area contributed by atoms with Gasteiger partial charge in [-0.3, -0.25) is 0 Å². The van der Waals surface area contributed by atoms with Gasteiger partial charge in [0.2, 0.25) is 0 Å². The minimum atomic E-state index is 0.432. The Balaban J connectivity index is 4.27. The molecule has 0 aliphatic heterocycles. The fourth-order valence-corrected chi connectivity index (χ4v) is 2.45. The van der Waals surface area contributed by atoms with Crippen LogP contribution in [0.4, 0.5) is 0 Å². The van der Waals surface area contributed by atoms with Gasteiger partial charge in [0.25, 0.3) is 0 Å². The molecule has 0 radical (unpaired) electrons. The van der Waals surface area contributed by atoms with Crippen LogP contribution in [0.1, 0.15) is 73.6 Å². The molecule has 0 aliphatic rings. The highest BCUT2D eigenvalue weighted by Gasteiger charge is 2.26. The van der Waals surface area contributed by atoms with Crippen molar-refractivity contribution in [3.63, 3.8) is 0 Å². The maximum atomic E-state index is 3.54. The molecule has 0 bridgehead atoms. The van der Waals surface area contributed by atoms with Gasteiger partial charge in [0, 0.05) is 0 Å². The summed E-state index contributed by atoms with van der Waals surface area (Å²) in [5, 5.41) is 3.54. The maximum absolute atomic E-state index is 3.54. The predicted octanol–water partition coefficient (Wildman–Crippen LogP) is 4.86. The van der Waals surface area contributed by atoms with Crippen molar-refractivity contribution in [1.82, 2.24) is 5.32 Å². The van der Waals surface area contributed by atoms with Gasteiger partial charge in [-0.15, -0.1) is 0 Å². The molecule has 2 unspecified atom stereocenters. The van der Waals surface area contributed by atoms with Crippen molar-refractivity contribution in [2.45, 2.75) is 73.6 Å². The molecule has 0 amide bonds. The second kappa shape index (κ2) is 8.97. The zero-order chi connectivity index (χ0) is 13.3. The van der Waals surface area contributed by atoms with Crippen molar-refractivity contribution in [2.75, 3.05) is 13.1 Å². The molecule has 0 aromatic rings. The van der Waals surface area contributed by atoms with E-state index in [1.165, 1.54) is 38.6 Å². The number of hydrogen-bond donors (Lipinski definition) is 1. The van der Waals surface area contributed by atoms with Gasteiger partial charge >= 0.3 is 0 Å². The molecule has 0 saturated heterocycles. The van der Waals surface area contributed by atoms with E-state index in [1.807, 2.05) is 0 Å². The first-order chi connectivity index (χ1) is 7.95. The topological polar surface area (TPSA) is 12.0 Å². The molecule has 1 nitrogen and oxygen atoms in total. The van der Waals surface area contributed by atoms with E-state index in [0.29, 0.717) is 5.41 Å². The first-order valence-corrected chi connectivity index (χ1v) is 7.66. The molecule has 1 N–H and O–H groups in total. The zero-order valence-electron chi connectivity index (χ0n) is 13.1. The van der Waals surface area contributed by atoms with Crippen LogP contribution in [0.2, 0.25) is 0 Å². The Morgan fingerprint density at radius 2 is 1.71 bits per heavy atom. The standard InChI is InChI=1S/C16H35N/c1-7-10-11-14(8-2)12-15(13-17-9-3)16(4,5)6/h14-15,17H,7-13H2,1-6H3. The number of rotatable bonds is 9. The largest absolute Gasteiger partial charge is 0.317 e. The van der Waals surface area contributed by atoms with Gasteiger partial charge in [0.1, 0.15) is 0 Å². The van der Waals surface area contributed by atoms with Gasteiger partial charge in [-0.05, 0) is 36.8 Å². The van der Waals surface area contributed by atoms with Crippen LogP contribution >= 0.6 is 0 Å². The maximum Gasteiger partial charge on any atom is -0.00155 e. The first kappa shape index (κ1) is 17.0. The van der Waals surface area contributed by atoms with Gasteiger partial charge in [0.15, 0.2) is 0 Å². The lowest BCUT2D eigenvalue weighted by Crippen LogP contribution is -2.33. The summed E-state index contributed by atoms with van der Waals surface area (Å²) < 4.78 is 0. The molecule has 104 valence electrons. The van der Waals surface area contributed by atoms with Crippen molar-refractivity contribution in [3.8, 4) is 0 Å². The summed E-state index contributed by atoms with van der Waals surface area (Å²) in [5.41, 5.74) is 0.432. The van der Waals surface area contributed by atoms with E-state index < -0.39 is 0 Å². The van der Waals surface area contributed by atoms with E-state index in [1.54, 1.807) is 0 Å². The minimum Gasteiger partial charge on any atom is -0.317 e. The Bertz CT molecular complexity index is 169. The Hall–Kier alpha value is -0.0400. The van der Waals surface area contributed by atoms with Gasteiger partial charge in [0.05, 0.1) is 0 Å². The van der Waals surface area contributed by atoms with Crippen LogP contribution in [0.25, 0.3) is 0 Å². The smallest absolute Gasteiger partial charge is 0.00155 e. The van der Waals surface area contributed by atoms with Gasteiger partial charge in [-0.2, -0.15) is 0 Å². The van der Waals surface area contributed by atoms with Crippen molar-refractivity contribution in [3.05, 3.63) is 0 Å². The highest BCUT2D eigenvalue weighted by molar-refractivity contribution is 4.78. The number of unbranched alkanes of at least 4 members (excludes halogenated alkanes) is 1. The number of nitrogens with one attached hydrogen (secondary N) is 1. The third-order valence-corrected chi connectivity index (χ3v) is 4.03. The van der Waals surface area contributed by atoms with Crippen molar-refractivity contribution < 1.29 is 0 Å². The first-order valence-electron chi connectivity index (χ1n) is 7.66. The van der Waals surface area contributed by atoms with Crippen LogP contribution in [0, 0.1) is 17.3 Å². The molecule has 0 rings (SSSR count). The Morgan fingerprint density at radius 3 is 2.12 bits per heavy atom. The molecule has 0 spiro atoms.